The second-order valence-electron chi connectivity index (χ2n) is 11.2. The summed E-state index contributed by atoms with van der Waals surface area (Å²) in [5.74, 6) is 1.03. The number of nitrogens with zero attached hydrogens (tertiary/aromatic N) is 2. The normalized spacial score (nSPS) is 24.6. The van der Waals surface area contributed by atoms with E-state index in [4.69, 9.17) is 17.3 Å². The lowest BCUT2D eigenvalue weighted by Gasteiger charge is -2.43. The molecule has 0 N–H and O–H groups in total. The molecule has 4 rings (SSSR count). The Hall–Kier alpha value is -1.47. The van der Waals surface area contributed by atoms with Crippen molar-refractivity contribution >= 4 is 43.1 Å². The van der Waals surface area contributed by atoms with Gasteiger partial charge >= 0.3 is 7.48 Å². The van der Waals surface area contributed by atoms with Crippen molar-refractivity contribution in [3.05, 3.63) is 23.8 Å². The number of likely N-dealkylation sites (tertiary alicyclic amines) is 1. The molecule has 1 aromatic rings. The molecule has 2 amide bonds. The van der Waals surface area contributed by atoms with Crippen molar-refractivity contribution < 1.29 is 14.2 Å². The summed E-state index contributed by atoms with van der Waals surface area (Å²) in [7, 11) is 1.81. The minimum Gasteiger partial charge on any atom is -0.428 e. The number of piperidine rings is 1. The molecule has 3 aliphatic rings. The van der Waals surface area contributed by atoms with Crippen molar-refractivity contribution in [2.75, 3.05) is 18.0 Å². The number of benzene rings is 1. The molecule has 0 atom stereocenters. The Labute approximate surface area is 205 Å². The maximum atomic E-state index is 14.0. The first-order valence-electron chi connectivity index (χ1n) is 12.4. The van der Waals surface area contributed by atoms with Gasteiger partial charge in [-0.1, -0.05) is 30.9 Å². The largest absolute Gasteiger partial charge is 0.428 e. The number of thiol groups is 1. The highest BCUT2D eigenvalue weighted by Crippen LogP contribution is 2.51. The molecule has 33 heavy (non-hydrogen) atoms. The molecule has 2 aliphatic heterocycles. The molecule has 1 spiro atoms. The first-order valence-corrected chi connectivity index (χ1v) is 12.8. The molecule has 1 saturated heterocycles. The molecule has 1 aromatic carbocycles. The molecule has 1 saturated carbocycles. The molecule has 0 bridgehead atoms. The number of fused-ring (bicyclic) bond motifs is 2. The van der Waals surface area contributed by atoms with Crippen LogP contribution in [0.2, 0.25) is 0 Å². The average Bonchev–Trinajstić information content (AvgIpc) is 2.94. The van der Waals surface area contributed by atoms with Gasteiger partial charge in [-0.2, -0.15) is 12.6 Å². The summed E-state index contributed by atoms with van der Waals surface area (Å²) in [4.78, 5) is 29.8. The van der Waals surface area contributed by atoms with Crippen LogP contribution < -0.4 is 10.4 Å². The van der Waals surface area contributed by atoms with Gasteiger partial charge in [0.1, 0.15) is 0 Å². The Morgan fingerprint density at radius 1 is 1.21 bits per heavy atom. The van der Waals surface area contributed by atoms with Crippen LogP contribution in [0.1, 0.15) is 79.2 Å². The van der Waals surface area contributed by atoms with Crippen molar-refractivity contribution in [2.24, 2.45) is 5.92 Å². The lowest BCUT2D eigenvalue weighted by atomic mass is 9.72. The van der Waals surface area contributed by atoms with Crippen LogP contribution in [-0.4, -0.2) is 53.7 Å². The SMILES string of the molecule is CCC1CC(N2C(=O)C3(CCN(C(C)=O)CC3)c3ccc([B]OC(C)(C)C(C)(C)S)cc32)C1. The molecule has 1 aliphatic carbocycles. The van der Waals surface area contributed by atoms with Crippen LogP contribution in [0.3, 0.4) is 0 Å². The summed E-state index contributed by atoms with van der Waals surface area (Å²) in [5, 5.41) is 0. The molecule has 7 heteroatoms. The number of carbonyl (C=O) groups excluding carboxylic acids is 2. The van der Waals surface area contributed by atoms with E-state index in [9.17, 15) is 9.59 Å². The quantitative estimate of drug-likeness (QED) is 0.509. The summed E-state index contributed by atoms with van der Waals surface area (Å²) in [6.45, 7) is 13.3. The van der Waals surface area contributed by atoms with Crippen molar-refractivity contribution in [2.45, 2.75) is 95.5 Å². The third-order valence-electron chi connectivity index (χ3n) is 8.60. The number of hydrogen-bond acceptors (Lipinski definition) is 4. The number of anilines is 1. The van der Waals surface area contributed by atoms with E-state index >= 15 is 0 Å². The Morgan fingerprint density at radius 3 is 2.39 bits per heavy atom. The fourth-order valence-corrected chi connectivity index (χ4v) is 5.39. The van der Waals surface area contributed by atoms with E-state index in [1.165, 1.54) is 6.42 Å². The zero-order chi connectivity index (χ0) is 24.2. The lowest BCUT2D eigenvalue weighted by molar-refractivity contribution is -0.134. The average molecular weight is 469 g/mol. The van der Waals surface area contributed by atoms with E-state index in [0.29, 0.717) is 31.8 Å². The van der Waals surface area contributed by atoms with Crippen LogP contribution >= 0.6 is 12.6 Å². The van der Waals surface area contributed by atoms with Crippen molar-refractivity contribution in [1.29, 1.82) is 0 Å². The molecule has 1 radical (unpaired) electrons. The van der Waals surface area contributed by atoms with E-state index in [-0.39, 0.29) is 22.6 Å². The molecule has 0 unspecified atom stereocenters. The van der Waals surface area contributed by atoms with Crippen LogP contribution in [0.5, 0.6) is 0 Å². The smallest absolute Gasteiger partial charge is 0.330 e. The number of carbonyl (C=O) groups is 2. The second kappa shape index (κ2) is 8.64. The van der Waals surface area contributed by atoms with E-state index < -0.39 is 11.0 Å². The minimum atomic E-state index is -0.510. The third-order valence-corrected chi connectivity index (χ3v) is 9.14. The zero-order valence-electron chi connectivity index (χ0n) is 21.0. The van der Waals surface area contributed by atoms with Gasteiger partial charge in [0, 0.05) is 36.5 Å². The van der Waals surface area contributed by atoms with Gasteiger partial charge in [0.15, 0.2) is 0 Å². The molecule has 0 aromatic heterocycles. The monoisotopic (exact) mass is 469 g/mol. The van der Waals surface area contributed by atoms with Gasteiger partial charge in [0.2, 0.25) is 11.8 Å². The second-order valence-corrected chi connectivity index (χ2v) is 12.4. The fraction of sp³-hybridized carbons (Fsp3) is 0.692. The highest BCUT2D eigenvalue weighted by atomic mass is 32.1. The molecule has 2 fully saturated rings. The molecular formula is C26H38BN2O3S. The Morgan fingerprint density at radius 2 is 1.85 bits per heavy atom. The highest BCUT2D eigenvalue weighted by Gasteiger charge is 2.55. The van der Waals surface area contributed by atoms with Gasteiger partial charge in [0.05, 0.1) is 11.0 Å². The third kappa shape index (κ3) is 4.24. The van der Waals surface area contributed by atoms with E-state index in [1.807, 2.05) is 32.6 Å². The molecular weight excluding hydrogens is 431 g/mol. The predicted octanol–water partition coefficient (Wildman–Crippen LogP) is 3.85. The van der Waals surface area contributed by atoms with Crippen LogP contribution in [-0.2, 0) is 19.7 Å². The first-order chi connectivity index (χ1) is 15.4. The predicted molar refractivity (Wildman–Crippen MR) is 138 cm³/mol. The van der Waals surface area contributed by atoms with Gasteiger partial charge in [-0.15, -0.1) is 0 Å². The van der Waals surface area contributed by atoms with E-state index in [2.05, 4.69) is 30.0 Å². The van der Waals surface area contributed by atoms with Crippen LogP contribution in [0.4, 0.5) is 5.69 Å². The Bertz CT molecular complexity index is 928. The van der Waals surface area contributed by atoms with Gasteiger partial charge in [-0.3, -0.25) is 9.59 Å². The van der Waals surface area contributed by atoms with Crippen molar-refractivity contribution in [1.82, 2.24) is 4.90 Å². The highest BCUT2D eigenvalue weighted by molar-refractivity contribution is 7.81. The maximum Gasteiger partial charge on any atom is 0.330 e. The summed E-state index contributed by atoms with van der Waals surface area (Å²) in [6.07, 6.45) is 4.70. The standard InChI is InChI=1S/C26H38BN2O3S/c1-7-18-14-20(15-18)29-22-16-19(27-32-24(3,4)25(5,6)33)8-9-21(22)26(23(29)31)10-12-28(13-11-26)17(2)30/h8-9,16,18,20,33H,7,10-15H2,1-6H3. The minimum absolute atomic E-state index is 0.0916. The Balaban J connectivity index is 1.63. The summed E-state index contributed by atoms with van der Waals surface area (Å²) in [5.41, 5.74) is 2.16. The van der Waals surface area contributed by atoms with Crippen LogP contribution in [0.25, 0.3) is 0 Å². The number of amides is 2. The Kier molecular flexibility index (Phi) is 6.45. The van der Waals surface area contributed by atoms with Crippen molar-refractivity contribution in [3.8, 4) is 0 Å². The maximum absolute atomic E-state index is 14.0. The summed E-state index contributed by atoms with van der Waals surface area (Å²) >= 11 is 4.70. The van der Waals surface area contributed by atoms with Gasteiger partial charge in [0.25, 0.3) is 0 Å². The zero-order valence-corrected chi connectivity index (χ0v) is 21.9. The number of rotatable bonds is 6. The van der Waals surface area contributed by atoms with Crippen LogP contribution in [0.15, 0.2) is 18.2 Å². The molecule has 5 nitrogen and oxygen atoms in total. The van der Waals surface area contributed by atoms with Gasteiger partial charge in [-0.25, -0.2) is 0 Å². The van der Waals surface area contributed by atoms with Crippen molar-refractivity contribution in [3.63, 3.8) is 0 Å². The van der Waals surface area contributed by atoms with E-state index in [0.717, 1.165) is 29.6 Å². The lowest BCUT2D eigenvalue weighted by Crippen LogP contribution is -2.53. The van der Waals surface area contributed by atoms with Gasteiger partial charge < -0.3 is 14.5 Å². The van der Waals surface area contributed by atoms with E-state index in [1.54, 1.807) is 14.4 Å². The van der Waals surface area contributed by atoms with Gasteiger partial charge in [-0.05, 0) is 70.9 Å². The topological polar surface area (TPSA) is 49.9 Å². The first kappa shape index (κ1) is 24.7. The molecule has 179 valence electrons. The summed E-state index contributed by atoms with van der Waals surface area (Å²) < 4.78 is 5.86. The molecule has 2 heterocycles. The summed E-state index contributed by atoms with van der Waals surface area (Å²) in [6, 6.07) is 6.59. The fourth-order valence-electron chi connectivity index (χ4n) is 5.33. The number of hydrogen-bond donors (Lipinski definition) is 1. The van der Waals surface area contributed by atoms with Crippen LogP contribution in [0, 0.1) is 5.92 Å².